The number of nitrogens with two attached hydrogens (primary N) is 1. The van der Waals surface area contributed by atoms with Crippen LogP contribution in [0.5, 0.6) is 5.75 Å². The monoisotopic (exact) mass is 236 g/mol. The summed E-state index contributed by atoms with van der Waals surface area (Å²) < 4.78 is 0. The molecule has 0 aliphatic heterocycles. The number of hydrogen-bond donors (Lipinski definition) is 3. The summed E-state index contributed by atoms with van der Waals surface area (Å²) in [6.07, 6.45) is 1.49. The third kappa shape index (κ3) is 3.46. The molecule has 1 unspecified atom stereocenters. The van der Waals surface area contributed by atoms with Crippen molar-refractivity contribution in [3.05, 3.63) is 23.3 Å². The number of carbonyl (C=O) groups excluding carboxylic acids is 1. The summed E-state index contributed by atoms with van der Waals surface area (Å²) in [6, 6.07) is 3.07. The fraction of sp³-hybridized carbons (Fsp3) is 0.462. The van der Waals surface area contributed by atoms with Crippen molar-refractivity contribution in [1.82, 2.24) is 0 Å². The number of aryl methyl sites for hydroxylation is 2. The highest BCUT2D eigenvalue weighted by Crippen LogP contribution is 2.28. The molecule has 1 atom stereocenters. The maximum atomic E-state index is 11.7. The number of amides is 1. The fourth-order valence-corrected chi connectivity index (χ4v) is 1.72. The lowest BCUT2D eigenvalue weighted by atomic mass is 10.1. The first kappa shape index (κ1) is 13.5. The number of hydrogen-bond acceptors (Lipinski definition) is 3. The SMILES string of the molecule is CCCC(N)C(=O)Nc1cc(C)cc(C)c1O. The molecular formula is C13H20N2O2. The van der Waals surface area contributed by atoms with E-state index in [4.69, 9.17) is 5.73 Å². The van der Waals surface area contributed by atoms with Crippen LogP contribution in [0.1, 0.15) is 30.9 Å². The van der Waals surface area contributed by atoms with Crippen LogP contribution in [-0.2, 0) is 4.79 Å². The van der Waals surface area contributed by atoms with E-state index >= 15 is 0 Å². The highest BCUT2D eigenvalue weighted by molar-refractivity contribution is 5.96. The van der Waals surface area contributed by atoms with Crippen molar-refractivity contribution in [2.45, 2.75) is 39.7 Å². The average molecular weight is 236 g/mol. The van der Waals surface area contributed by atoms with Gasteiger partial charge in [-0.1, -0.05) is 19.4 Å². The van der Waals surface area contributed by atoms with Gasteiger partial charge >= 0.3 is 0 Å². The van der Waals surface area contributed by atoms with Gasteiger partial charge in [-0.05, 0) is 37.5 Å². The smallest absolute Gasteiger partial charge is 0.241 e. The highest BCUT2D eigenvalue weighted by Gasteiger charge is 2.15. The molecule has 94 valence electrons. The van der Waals surface area contributed by atoms with Crippen LogP contribution in [-0.4, -0.2) is 17.1 Å². The summed E-state index contributed by atoms with van der Waals surface area (Å²) in [6.45, 7) is 5.68. The lowest BCUT2D eigenvalue weighted by Crippen LogP contribution is -2.35. The number of phenols is 1. The van der Waals surface area contributed by atoms with E-state index in [2.05, 4.69) is 5.32 Å². The van der Waals surface area contributed by atoms with Crippen LogP contribution < -0.4 is 11.1 Å². The van der Waals surface area contributed by atoms with Gasteiger partial charge in [0, 0.05) is 0 Å². The summed E-state index contributed by atoms with van der Waals surface area (Å²) in [5.74, 6) is -0.153. The minimum atomic E-state index is -0.528. The predicted octanol–water partition coefficient (Wildman–Crippen LogP) is 2.07. The number of rotatable bonds is 4. The van der Waals surface area contributed by atoms with Crippen LogP contribution in [0.3, 0.4) is 0 Å². The molecular weight excluding hydrogens is 216 g/mol. The Balaban J connectivity index is 2.85. The van der Waals surface area contributed by atoms with Crippen molar-refractivity contribution in [3.63, 3.8) is 0 Å². The minimum absolute atomic E-state index is 0.104. The molecule has 0 aliphatic rings. The highest BCUT2D eigenvalue weighted by atomic mass is 16.3. The van der Waals surface area contributed by atoms with Crippen molar-refractivity contribution in [2.75, 3.05) is 5.32 Å². The molecule has 1 aromatic rings. The van der Waals surface area contributed by atoms with Gasteiger partial charge in [0.1, 0.15) is 5.75 Å². The zero-order valence-electron chi connectivity index (χ0n) is 10.6. The molecule has 0 fully saturated rings. The molecule has 0 radical (unpaired) electrons. The third-order valence-corrected chi connectivity index (χ3v) is 2.64. The fourth-order valence-electron chi connectivity index (χ4n) is 1.72. The summed E-state index contributed by atoms with van der Waals surface area (Å²) in [7, 11) is 0. The molecule has 0 aromatic heterocycles. The van der Waals surface area contributed by atoms with E-state index in [0.717, 1.165) is 17.5 Å². The molecule has 1 rings (SSSR count). The summed E-state index contributed by atoms with van der Waals surface area (Å²) >= 11 is 0. The number of anilines is 1. The van der Waals surface area contributed by atoms with E-state index in [1.807, 2.05) is 19.9 Å². The standard InChI is InChI=1S/C13H20N2O2/c1-4-5-10(14)13(17)15-11-7-8(2)6-9(3)12(11)16/h6-7,10,16H,4-5,14H2,1-3H3,(H,15,17). The van der Waals surface area contributed by atoms with E-state index in [9.17, 15) is 9.90 Å². The molecule has 0 spiro atoms. The van der Waals surface area contributed by atoms with Crippen LogP contribution in [0, 0.1) is 13.8 Å². The van der Waals surface area contributed by atoms with Gasteiger partial charge in [0.05, 0.1) is 11.7 Å². The van der Waals surface area contributed by atoms with Crippen molar-refractivity contribution in [1.29, 1.82) is 0 Å². The van der Waals surface area contributed by atoms with E-state index in [1.54, 1.807) is 13.0 Å². The number of carbonyl (C=O) groups is 1. The Morgan fingerprint density at radius 3 is 2.71 bits per heavy atom. The first-order chi connectivity index (χ1) is 7.95. The average Bonchev–Trinajstić information content (AvgIpc) is 2.25. The summed E-state index contributed by atoms with van der Waals surface area (Å²) in [5.41, 5.74) is 7.86. The Morgan fingerprint density at radius 1 is 1.47 bits per heavy atom. The molecule has 4 N–H and O–H groups in total. The van der Waals surface area contributed by atoms with Crippen molar-refractivity contribution in [3.8, 4) is 5.75 Å². The third-order valence-electron chi connectivity index (χ3n) is 2.64. The van der Waals surface area contributed by atoms with Gasteiger partial charge in [0.25, 0.3) is 0 Å². The summed E-state index contributed by atoms with van der Waals surface area (Å²) in [4.78, 5) is 11.7. The Morgan fingerprint density at radius 2 is 2.12 bits per heavy atom. The van der Waals surface area contributed by atoms with Crippen molar-refractivity contribution in [2.24, 2.45) is 5.73 Å². The molecule has 1 aromatic carbocycles. The molecule has 17 heavy (non-hydrogen) atoms. The van der Waals surface area contributed by atoms with E-state index in [0.29, 0.717) is 12.1 Å². The van der Waals surface area contributed by atoms with Gasteiger partial charge in [0.15, 0.2) is 0 Å². The van der Waals surface area contributed by atoms with Crippen molar-refractivity contribution < 1.29 is 9.90 Å². The first-order valence-electron chi connectivity index (χ1n) is 5.82. The van der Waals surface area contributed by atoms with Gasteiger partial charge in [0.2, 0.25) is 5.91 Å². The van der Waals surface area contributed by atoms with E-state index in [1.165, 1.54) is 0 Å². The normalized spacial score (nSPS) is 12.2. The number of nitrogens with one attached hydrogen (secondary N) is 1. The number of phenolic OH excluding ortho intramolecular Hbond substituents is 1. The van der Waals surface area contributed by atoms with Crippen molar-refractivity contribution >= 4 is 11.6 Å². The predicted molar refractivity (Wildman–Crippen MR) is 69.1 cm³/mol. The Hall–Kier alpha value is -1.55. The molecule has 0 aliphatic carbocycles. The van der Waals surface area contributed by atoms with E-state index in [-0.39, 0.29) is 11.7 Å². The van der Waals surface area contributed by atoms with Gasteiger partial charge in [-0.15, -0.1) is 0 Å². The van der Waals surface area contributed by atoms with Gasteiger partial charge < -0.3 is 16.2 Å². The molecule has 4 heteroatoms. The zero-order chi connectivity index (χ0) is 13.0. The van der Waals surface area contributed by atoms with Gasteiger partial charge in [-0.25, -0.2) is 0 Å². The maximum Gasteiger partial charge on any atom is 0.241 e. The van der Waals surface area contributed by atoms with Gasteiger partial charge in [-0.3, -0.25) is 4.79 Å². The lowest BCUT2D eigenvalue weighted by Gasteiger charge is -2.14. The maximum absolute atomic E-state index is 11.7. The largest absolute Gasteiger partial charge is 0.505 e. The number of benzene rings is 1. The van der Waals surface area contributed by atoms with E-state index < -0.39 is 6.04 Å². The Labute approximate surface area is 102 Å². The topological polar surface area (TPSA) is 75.4 Å². The lowest BCUT2D eigenvalue weighted by molar-refractivity contribution is -0.117. The van der Waals surface area contributed by atoms with Crippen LogP contribution >= 0.6 is 0 Å². The Kier molecular flexibility index (Phi) is 4.52. The number of aromatic hydroxyl groups is 1. The quantitative estimate of drug-likeness (QED) is 0.700. The molecule has 1 amide bonds. The Bertz CT molecular complexity index is 416. The molecule has 0 saturated carbocycles. The first-order valence-corrected chi connectivity index (χ1v) is 5.82. The minimum Gasteiger partial charge on any atom is -0.505 e. The summed E-state index contributed by atoms with van der Waals surface area (Å²) in [5, 5.41) is 12.5. The second-order valence-corrected chi connectivity index (χ2v) is 4.36. The molecule has 0 heterocycles. The molecule has 4 nitrogen and oxygen atoms in total. The second-order valence-electron chi connectivity index (χ2n) is 4.36. The zero-order valence-corrected chi connectivity index (χ0v) is 10.6. The molecule has 0 bridgehead atoms. The van der Waals surface area contributed by atoms with Crippen LogP contribution in [0.25, 0.3) is 0 Å². The van der Waals surface area contributed by atoms with Crippen LogP contribution in [0.4, 0.5) is 5.69 Å². The molecule has 0 saturated heterocycles. The van der Waals surface area contributed by atoms with Crippen LogP contribution in [0.15, 0.2) is 12.1 Å². The van der Waals surface area contributed by atoms with Crippen LogP contribution in [0.2, 0.25) is 0 Å². The second kappa shape index (κ2) is 5.68. The van der Waals surface area contributed by atoms with Gasteiger partial charge in [-0.2, -0.15) is 0 Å².